The molecule has 2 unspecified atom stereocenters. The highest BCUT2D eigenvalue weighted by atomic mass is 16.2. The molecule has 0 bridgehead atoms. The summed E-state index contributed by atoms with van der Waals surface area (Å²) < 4.78 is 0. The van der Waals surface area contributed by atoms with Crippen LogP contribution in [0.1, 0.15) is 50.4 Å². The third-order valence-electron chi connectivity index (χ3n) is 6.11. The molecule has 0 radical (unpaired) electrons. The highest BCUT2D eigenvalue weighted by molar-refractivity contribution is 5.94. The molecule has 0 spiro atoms. The molecule has 2 amide bonds. The number of carbonyl (C=O) groups excluding carboxylic acids is 2. The molecule has 2 aliphatic heterocycles. The Morgan fingerprint density at radius 1 is 0.931 bits per heavy atom. The minimum Gasteiger partial charge on any atom is -0.339 e. The lowest BCUT2D eigenvalue weighted by atomic mass is 10.0. The fraction of sp³-hybridized carbons (Fsp3) is 0.714. The first-order valence-electron chi connectivity index (χ1n) is 10.8. The van der Waals surface area contributed by atoms with Crippen LogP contribution in [-0.4, -0.2) is 94.9 Å². The summed E-state index contributed by atoms with van der Waals surface area (Å²) in [6, 6.07) is 0.758. The molecular formula is C21H34N6O2. The Balaban J connectivity index is 1.68. The van der Waals surface area contributed by atoms with Crippen molar-refractivity contribution in [2.75, 3.05) is 51.2 Å². The maximum atomic E-state index is 12.8. The van der Waals surface area contributed by atoms with Crippen molar-refractivity contribution in [2.24, 2.45) is 0 Å². The molecule has 2 saturated heterocycles. The summed E-state index contributed by atoms with van der Waals surface area (Å²) in [5.74, 6) is 0.803. The van der Waals surface area contributed by atoms with E-state index in [1.54, 1.807) is 17.3 Å². The van der Waals surface area contributed by atoms with E-state index in [1.165, 1.54) is 0 Å². The zero-order valence-corrected chi connectivity index (χ0v) is 18.2. The van der Waals surface area contributed by atoms with Crippen LogP contribution in [0, 0.1) is 0 Å². The molecule has 3 heterocycles. The first-order valence-corrected chi connectivity index (χ1v) is 10.8. The smallest absolute Gasteiger partial charge is 0.257 e. The molecule has 160 valence electrons. The number of anilines is 1. The van der Waals surface area contributed by atoms with Crippen LogP contribution in [0.4, 0.5) is 5.95 Å². The molecule has 0 N–H and O–H groups in total. The second-order valence-corrected chi connectivity index (χ2v) is 8.05. The summed E-state index contributed by atoms with van der Waals surface area (Å²) in [6.07, 6.45) is 5.89. The second-order valence-electron chi connectivity index (χ2n) is 8.05. The molecule has 2 fully saturated rings. The van der Waals surface area contributed by atoms with Crippen molar-refractivity contribution in [1.82, 2.24) is 24.7 Å². The topological polar surface area (TPSA) is 72.9 Å². The average molecular weight is 403 g/mol. The Kier molecular flexibility index (Phi) is 7.05. The predicted molar refractivity (Wildman–Crippen MR) is 113 cm³/mol. The third kappa shape index (κ3) is 4.69. The van der Waals surface area contributed by atoms with Gasteiger partial charge in [-0.15, -0.1) is 0 Å². The molecule has 3 rings (SSSR count). The molecular weight excluding hydrogens is 368 g/mol. The lowest BCUT2D eigenvalue weighted by Crippen LogP contribution is -2.58. The van der Waals surface area contributed by atoms with E-state index in [1.807, 2.05) is 11.8 Å². The van der Waals surface area contributed by atoms with Crippen molar-refractivity contribution in [3.63, 3.8) is 0 Å². The van der Waals surface area contributed by atoms with Crippen LogP contribution in [0.3, 0.4) is 0 Å². The van der Waals surface area contributed by atoms with Crippen molar-refractivity contribution >= 4 is 17.8 Å². The first-order chi connectivity index (χ1) is 14.0. The number of piperazine rings is 2. The van der Waals surface area contributed by atoms with E-state index in [2.05, 4.69) is 40.7 Å². The van der Waals surface area contributed by atoms with Gasteiger partial charge in [0, 0.05) is 70.2 Å². The number of hydrogen-bond donors (Lipinski definition) is 0. The molecule has 8 heteroatoms. The summed E-state index contributed by atoms with van der Waals surface area (Å²) >= 11 is 0. The van der Waals surface area contributed by atoms with Gasteiger partial charge in [0.15, 0.2) is 0 Å². The van der Waals surface area contributed by atoms with Gasteiger partial charge in [0.05, 0.1) is 5.56 Å². The monoisotopic (exact) mass is 402 g/mol. The van der Waals surface area contributed by atoms with Gasteiger partial charge in [-0.1, -0.05) is 20.8 Å². The normalized spacial score (nSPS) is 23.4. The predicted octanol–water partition coefficient (Wildman–Crippen LogP) is 1.48. The molecule has 29 heavy (non-hydrogen) atoms. The molecule has 2 aliphatic rings. The molecule has 0 saturated carbocycles. The van der Waals surface area contributed by atoms with Crippen LogP contribution in [0.2, 0.25) is 0 Å². The van der Waals surface area contributed by atoms with E-state index in [0.717, 1.165) is 25.9 Å². The Bertz CT molecular complexity index is 688. The SMILES string of the molecule is CCC(=O)N1CCN(C(=O)c2cnc(N3C(CC)CN(C)CC3CC)nc2)CC1. The highest BCUT2D eigenvalue weighted by Crippen LogP contribution is 2.24. The van der Waals surface area contributed by atoms with Gasteiger partial charge in [0.25, 0.3) is 5.91 Å². The van der Waals surface area contributed by atoms with E-state index >= 15 is 0 Å². The van der Waals surface area contributed by atoms with E-state index in [9.17, 15) is 9.59 Å². The van der Waals surface area contributed by atoms with E-state index < -0.39 is 0 Å². The van der Waals surface area contributed by atoms with Crippen LogP contribution in [-0.2, 0) is 4.79 Å². The van der Waals surface area contributed by atoms with Crippen LogP contribution in [0.5, 0.6) is 0 Å². The molecule has 1 aromatic rings. The minimum atomic E-state index is -0.0578. The molecule has 8 nitrogen and oxygen atoms in total. The number of rotatable bonds is 5. The first kappa shape index (κ1) is 21.5. The van der Waals surface area contributed by atoms with Crippen molar-refractivity contribution in [3.8, 4) is 0 Å². The quantitative estimate of drug-likeness (QED) is 0.743. The highest BCUT2D eigenvalue weighted by Gasteiger charge is 2.33. The third-order valence-corrected chi connectivity index (χ3v) is 6.11. The summed E-state index contributed by atoms with van der Waals surface area (Å²) in [5.41, 5.74) is 0.513. The maximum Gasteiger partial charge on any atom is 0.257 e. The summed E-state index contributed by atoms with van der Waals surface area (Å²) in [5, 5.41) is 0. The largest absolute Gasteiger partial charge is 0.339 e. The van der Waals surface area contributed by atoms with E-state index in [4.69, 9.17) is 0 Å². The number of aromatic nitrogens is 2. The van der Waals surface area contributed by atoms with E-state index in [0.29, 0.717) is 56.2 Å². The fourth-order valence-electron chi connectivity index (χ4n) is 4.38. The van der Waals surface area contributed by atoms with Crippen LogP contribution >= 0.6 is 0 Å². The van der Waals surface area contributed by atoms with Crippen molar-refractivity contribution < 1.29 is 9.59 Å². The maximum absolute atomic E-state index is 12.8. The summed E-state index contributed by atoms with van der Waals surface area (Å²) in [4.78, 5) is 42.1. The lowest BCUT2D eigenvalue weighted by molar-refractivity contribution is -0.132. The van der Waals surface area contributed by atoms with E-state index in [-0.39, 0.29) is 11.8 Å². The Hall–Kier alpha value is -2.22. The standard InChI is InChI=1S/C21H34N6O2/c1-5-17-14-24(4)15-18(6-2)27(17)21-22-12-16(13-23-21)20(29)26-10-8-25(9-11-26)19(28)7-3/h12-13,17-18H,5-11,14-15H2,1-4H3. The van der Waals surface area contributed by atoms with Crippen LogP contribution in [0.15, 0.2) is 12.4 Å². The minimum absolute atomic E-state index is 0.0578. The summed E-state index contributed by atoms with van der Waals surface area (Å²) in [7, 11) is 2.17. The molecule has 1 aromatic heterocycles. The van der Waals surface area contributed by atoms with Gasteiger partial charge >= 0.3 is 0 Å². The van der Waals surface area contributed by atoms with Crippen molar-refractivity contribution in [3.05, 3.63) is 18.0 Å². The van der Waals surface area contributed by atoms with Gasteiger partial charge in [-0.25, -0.2) is 9.97 Å². The average Bonchev–Trinajstić information content (AvgIpc) is 2.77. The van der Waals surface area contributed by atoms with Crippen molar-refractivity contribution in [2.45, 2.75) is 52.1 Å². The Labute approximate surface area is 173 Å². The van der Waals surface area contributed by atoms with Gasteiger partial charge in [0.1, 0.15) is 0 Å². The number of likely N-dealkylation sites (N-methyl/N-ethyl adjacent to an activating group) is 1. The van der Waals surface area contributed by atoms with Gasteiger partial charge in [0.2, 0.25) is 11.9 Å². The number of hydrogen-bond acceptors (Lipinski definition) is 6. The van der Waals surface area contributed by atoms with Gasteiger partial charge in [-0.3, -0.25) is 9.59 Å². The number of carbonyl (C=O) groups is 2. The fourth-order valence-corrected chi connectivity index (χ4v) is 4.38. The molecule has 2 atom stereocenters. The second kappa shape index (κ2) is 9.52. The number of amides is 2. The van der Waals surface area contributed by atoms with Gasteiger partial charge in [-0.05, 0) is 19.9 Å². The van der Waals surface area contributed by atoms with Gasteiger partial charge in [-0.2, -0.15) is 0 Å². The molecule has 0 aliphatic carbocycles. The Morgan fingerprint density at radius 3 is 1.93 bits per heavy atom. The zero-order chi connectivity index (χ0) is 21.0. The van der Waals surface area contributed by atoms with Crippen molar-refractivity contribution in [1.29, 1.82) is 0 Å². The molecule has 0 aromatic carbocycles. The van der Waals surface area contributed by atoms with Crippen LogP contribution < -0.4 is 4.90 Å². The Morgan fingerprint density at radius 2 is 1.45 bits per heavy atom. The lowest BCUT2D eigenvalue weighted by Gasteiger charge is -2.45. The zero-order valence-electron chi connectivity index (χ0n) is 18.2. The van der Waals surface area contributed by atoms with Crippen LogP contribution in [0.25, 0.3) is 0 Å². The number of nitrogens with zero attached hydrogens (tertiary/aromatic N) is 6. The van der Waals surface area contributed by atoms with Gasteiger partial charge < -0.3 is 19.6 Å². The summed E-state index contributed by atoms with van der Waals surface area (Å²) in [6.45, 7) is 10.6.